The number of hydrogen-bond donors (Lipinski definition) is 3. The summed E-state index contributed by atoms with van der Waals surface area (Å²) in [6.07, 6.45) is 40.6. The van der Waals surface area contributed by atoms with Crippen LogP contribution in [0.1, 0.15) is 212 Å². The smallest absolute Gasteiger partial charge is 0.227 e. The largest absolute Gasteiger partial charge is 0.387 e. The van der Waals surface area contributed by atoms with Crippen molar-refractivity contribution < 1.29 is 4.79 Å². The molecule has 1 rings (SSSR count). The summed E-state index contributed by atoms with van der Waals surface area (Å²) in [5.41, 5.74) is 7.41. The summed E-state index contributed by atoms with van der Waals surface area (Å²) in [5.74, 6) is 0.410. The Hall–Kier alpha value is -1.84. The zero-order chi connectivity index (χ0) is 33.3. The van der Waals surface area contributed by atoms with Gasteiger partial charge in [0.2, 0.25) is 5.91 Å². The maximum Gasteiger partial charge on any atom is 0.227 e. The number of rotatable bonds is 34. The molecule has 0 aliphatic rings. The second-order valence-corrected chi connectivity index (χ2v) is 14.4. The van der Waals surface area contributed by atoms with E-state index < -0.39 is 0 Å². The van der Waals surface area contributed by atoms with E-state index in [-0.39, 0.29) is 17.7 Å². The van der Waals surface area contributed by atoms with Crippen LogP contribution >= 0.6 is 0 Å². The molecule has 0 aromatic heterocycles. The third kappa shape index (κ3) is 26.3. The highest BCUT2D eigenvalue weighted by Crippen LogP contribution is 2.23. The molecule has 1 aromatic carbocycles. The fourth-order valence-corrected chi connectivity index (χ4v) is 6.80. The number of nitrogens with one attached hydrogen (secondary N) is 2. The van der Waals surface area contributed by atoms with E-state index in [9.17, 15) is 4.79 Å². The van der Waals surface area contributed by atoms with E-state index in [4.69, 9.17) is 11.1 Å². The fourth-order valence-electron chi connectivity index (χ4n) is 6.80. The van der Waals surface area contributed by atoms with Gasteiger partial charge in [0.15, 0.2) is 0 Å². The van der Waals surface area contributed by atoms with E-state index in [2.05, 4.69) is 19.2 Å². The minimum Gasteiger partial charge on any atom is -0.387 e. The molecule has 266 valence electrons. The number of nitrogens with two attached hydrogens (primary N) is 1. The molecule has 4 N–H and O–H groups in total. The molecule has 4 heteroatoms. The Morgan fingerprint density at radius 2 is 0.935 bits per heavy atom. The van der Waals surface area contributed by atoms with Gasteiger partial charge < -0.3 is 11.1 Å². The van der Waals surface area contributed by atoms with Crippen molar-refractivity contribution in [2.75, 3.05) is 5.32 Å². The van der Waals surface area contributed by atoms with E-state index in [1.165, 1.54) is 167 Å². The summed E-state index contributed by atoms with van der Waals surface area (Å²) in [5, 5.41) is 10.8. The second kappa shape index (κ2) is 31.7. The van der Waals surface area contributed by atoms with Crippen molar-refractivity contribution in [1.29, 1.82) is 5.41 Å². The molecule has 0 atom stereocenters. The predicted molar refractivity (Wildman–Crippen MR) is 204 cm³/mol. The van der Waals surface area contributed by atoms with Gasteiger partial charge in [0.05, 0.1) is 5.84 Å². The van der Waals surface area contributed by atoms with Gasteiger partial charge in [-0.1, -0.05) is 206 Å². The molecule has 0 unspecified atom stereocenters. The Kier molecular flexibility index (Phi) is 29.1. The number of amidine groups is 1. The van der Waals surface area contributed by atoms with Gasteiger partial charge in [-0.2, -0.15) is 0 Å². The standard InChI is InChI=1S/C42H77N3O/c1-3-5-7-9-11-13-15-17-19-21-23-25-27-29-33-39(42(46)45-40-35-31-32-38(36-40)37-41(43)44)34-30-28-26-24-22-20-18-16-14-12-10-8-6-4-2/h31-32,35-36,39H,3-30,33-34,37H2,1-2H3,(H3,43,44)(H,45,46). The van der Waals surface area contributed by atoms with Crippen LogP contribution in [-0.2, 0) is 11.2 Å². The minimum absolute atomic E-state index is 0.0890. The monoisotopic (exact) mass is 640 g/mol. The summed E-state index contributed by atoms with van der Waals surface area (Å²) in [6.45, 7) is 4.58. The number of carbonyl (C=O) groups is 1. The first kappa shape index (κ1) is 42.2. The molecule has 0 radical (unpaired) electrons. The zero-order valence-electron chi connectivity index (χ0n) is 30.8. The lowest BCUT2D eigenvalue weighted by molar-refractivity contribution is -0.120. The van der Waals surface area contributed by atoms with Gasteiger partial charge in [0, 0.05) is 18.0 Å². The molecule has 46 heavy (non-hydrogen) atoms. The number of benzene rings is 1. The third-order valence-electron chi connectivity index (χ3n) is 9.77. The molecule has 0 aliphatic carbocycles. The summed E-state index contributed by atoms with van der Waals surface area (Å²) < 4.78 is 0. The summed E-state index contributed by atoms with van der Waals surface area (Å²) in [6, 6.07) is 7.84. The summed E-state index contributed by atoms with van der Waals surface area (Å²) in [4.78, 5) is 13.4. The number of hydrogen-bond acceptors (Lipinski definition) is 2. The quantitative estimate of drug-likeness (QED) is 0.0398. The van der Waals surface area contributed by atoms with Crippen LogP contribution in [0.4, 0.5) is 5.69 Å². The van der Waals surface area contributed by atoms with Crippen molar-refractivity contribution in [2.24, 2.45) is 11.7 Å². The lowest BCUT2D eigenvalue weighted by Gasteiger charge is -2.17. The van der Waals surface area contributed by atoms with Crippen LogP contribution in [0, 0.1) is 11.3 Å². The second-order valence-electron chi connectivity index (χ2n) is 14.4. The van der Waals surface area contributed by atoms with Crippen LogP contribution in [0.3, 0.4) is 0 Å². The van der Waals surface area contributed by atoms with Gasteiger partial charge in [0.1, 0.15) is 0 Å². The normalized spacial score (nSPS) is 11.4. The van der Waals surface area contributed by atoms with Gasteiger partial charge >= 0.3 is 0 Å². The molecule has 0 fully saturated rings. The lowest BCUT2D eigenvalue weighted by Crippen LogP contribution is -2.23. The Bertz CT molecular complexity index is 806. The maximum atomic E-state index is 13.4. The van der Waals surface area contributed by atoms with Gasteiger partial charge in [-0.05, 0) is 30.5 Å². The van der Waals surface area contributed by atoms with Crippen LogP contribution in [0.5, 0.6) is 0 Å². The Morgan fingerprint density at radius 3 is 1.28 bits per heavy atom. The van der Waals surface area contributed by atoms with Crippen molar-refractivity contribution in [3.05, 3.63) is 29.8 Å². The van der Waals surface area contributed by atoms with Crippen molar-refractivity contribution in [3.8, 4) is 0 Å². The number of carbonyl (C=O) groups excluding carboxylic acids is 1. The van der Waals surface area contributed by atoms with Crippen molar-refractivity contribution in [3.63, 3.8) is 0 Å². The third-order valence-corrected chi connectivity index (χ3v) is 9.77. The van der Waals surface area contributed by atoms with Crippen molar-refractivity contribution in [1.82, 2.24) is 0 Å². The lowest BCUT2D eigenvalue weighted by atomic mass is 9.93. The molecular formula is C42H77N3O. The van der Waals surface area contributed by atoms with Gasteiger partial charge in [-0.25, -0.2) is 0 Å². The molecular weight excluding hydrogens is 562 g/mol. The minimum atomic E-state index is 0.0890. The van der Waals surface area contributed by atoms with Gasteiger partial charge in [-0.3, -0.25) is 10.2 Å². The Labute approximate surface area is 286 Å². The van der Waals surface area contributed by atoms with Crippen LogP contribution < -0.4 is 11.1 Å². The van der Waals surface area contributed by atoms with E-state index in [0.717, 1.165) is 36.9 Å². The molecule has 1 amide bonds. The molecule has 1 aromatic rings. The highest BCUT2D eigenvalue weighted by molar-refractivity contribution is 5.92. The molecule has 4 nitrogen and oxygen atoms in total. The van der Waals surface area contributed by atoms with E-state index in [1.54, 1.807) is 0 Å². The summed E-state index contributed by atoms with van der Waals surface area (Å²) >= 11 is 0. The first-order valence-corrected chi connectivity index (χ1v) is 20.3. The number of anilines is 1. The summed E-state index contributed by atoms with van der Waals surface area (Å²) in [7, 11) is 0. The van der Waals surface area contributed by atoms with Crippen LogP contribution in [0.15, 0.2) is 24.3 Å². The fraction of sp³-hybridized carbons (Fsp3) is 0.810. The first-order valence-electron chi connectivity index (χ1n) is 20.3. The van der Waals surface area contributed by atoms with Gasteiger partial charge in [0.25, 0.3) is 0 Å². The van der Waals surface area contributed by atoms with Crippen LogP contribution in [0.25, 0.3) is 0 Å². The SMILES string of the molecule is CCCCCCCCCCCCCCCCC(CCCCCCCCCCCCCCCC)C(=O)Nc1cccc(CC(=N)N)c1. The molecule has 0 heterocycles. The Balaban J connectivity index is 2.29. The number of unbranched alkanes of at least 4 members (excludes halogenated alkanes) is 26. The first-order chi connectivity index (χ1) is 22.6. The molecule has 0 aliphatic heterocycles. The molecule has 0 bridgehead atoms. The number of amides is 1. The molecule has 0 saturated carbocycles. The van der Waals surface area contributed by atoms with Crippen LogP contribution in [0.2, 0.25) is 0 Å². The molecule has 0 saturated heterocycles. The average molecular weight is 640 g/mol. The van der Waals surface area contributed by atoms with E-state index in [1.807, 2.05) is 24.3 Å². The Morgan fingerprint density at radius 1 is 0.587 bits per heavy atom. The average Bonchev–Trinajstić information content (AvgIpc) is 3.03. The van der Waals surface area contributed by atoms with Crippen molar-refractivity contribution >= 4 is 17.4 Å². The van der Waals surface area contributed by atoms with E-state index in [0.29, 0.717) is 6.42 Å². The van der Waals surface area contributed by atoms with E-state index >= 15 is 0 Å². The highest BCUT2D eigenvalue weighted by Gasteiger charge is 2.18. The topological polar surface area (TPSA) is 79.0 Å². The zero-order valence-corrected chi connectivity index (χ0v) is 30.8. The van der Waals surface area contributed by atoms with Crippen LogP contribution in [-0.4, -0.2) is 11.7 Å². The molecule has 0 spiro atoms. The highest BCUT2D eigenvalue weighted by atomic mass is 16.1. The van der Waals surface area contributed by atoms with Gasteiger partial charge in [-0.15, -0.1) is 0 Å². The maximum absolute atomic E-state index is 13.4. The predicted octanol–water partition coefficient (Wildman–Crippen LogP) is 13.5. The van der Waals surface area contributed by atoms with Crippen molar-refractivity contribution in [2.45, 2.75) is 213 Å².